The van der Waals surface area contributed by atoms with Crippen LogP contribution in [0, 0.1) is 0 Å². The highest BCUT2D eigenvalue weighted by Gasteiger charge is 2.18. The lowest BCUT2D eigenvalue weighted by Gasteiger charge is -2.24. The van der Waals surface area contributed by atoms with Crippen molar-refractivity contribution in [3.05, 3.63) is 28.2 Å². The van der Waals surface area contributed by atoms with E-state index in [0.717, 1.165) is 42.4 Å². The van der Waals surface area contributed by atoms with Crippen LogP contribution in [0.1, 0.15) is 23.2 Å². The number of nitrogens with zero attached hydrogens (tertiary/aromatic N) is 1. The van der Waals surface area contributed by atoms with E-state index >= 15 is 0 Å². The Morgan fingerprint density at radius 3 is 3.06 bits per heavy atom. The Morgan fingerprint density at radius 2 is 2.41 bits per heavy atom. The third-order valence-electron chi connectivity index (χ3n) is 3.03. The minimum atomic E-state index is 0.295. The third-order valence-corrected chi connectivity index (χ3v) is 3.52. The fourth-order valence-electron chi connectivity index (χ4n) is 2.16. The molecule has 1 aromatic rings. The molecular weight excluding hydrogens is 282 g/mol. The maximum absolute atomic E-state index is 11.0. The minimum Gasteiger partial charge on any atom is -0.376 e. The van der Waals surface area contributed by atoms with Crippen molar-refractivity contribution in [3.63, 3.8) is 0 Å². The average Bonchev–Trinajstić information content (AvgIpc) is 2.81. The second kappa shape index (κ2) is 5.65. The smallest absolute Gasteiger partial charge is 0.152 e. The van der Waals surface area contributed by atoms with Gasteiger partial charge in [-0.2, -0.15) is 0 Å². The minimum absolute atomic E-state index is 0.295. The third kappa shape index (κ3) is 3.07. The van der Waals surface area contributed by atoms with Gasteiger partial charge in [0, 0.05) is 35.9 Å². The summed E-state index contributed by atoms with van der Waals surface area (Å²) in [4.78, 5) is 13.1. The summed E-state index contributed by atoms with van der Waals surface area (Å²) in [5.74, 6) is 0. The van der Waals surface area contributed by atoms with Crippen molar-refractivity contribution in [3.8, 4) is 0 Å². The van der Waals surface area contributed by atoms with E-state index in [4.69, 9.17) is 4.74 Å². The lowest BCUT2D eigenvalue weighted by atomic mass is 10.1. The van der Waals surface area contributed by atoms with Crippen molar-refractivity contribution >= 4 is 27.9 Å². The van der Waals surface area contributed by atoms with Crippen LogP contribution in [0.3, 0.4) is 0 Å². The van der Waals surface area contributed by atoms with Gasteiger partial charge >= 0.3 is 0 Å². The number of hydrogen-bond acceptors (Lipinski definition) is 3. The molecule has 0 N–H and O–H groups in total. The topological polar surface area (TPSA) is 29.5 Å². The van der Waals surface area contributed by atoms with Gasteiger partial charge in [0.1, 0.15) is 0 Å². The summed E-state index contributed by atoms with van der Waals surface area (Å²) in [6, 6.07) is 5.76. The molecular formula is C13H16BrNO2. The van der Waals surface area contributed by atoms with E-state index in [1.165, 1.54) is 0 Å². The van der Waals surface area contributed by atoms with Gasteiger partial charge in [-0.15, -0.1) is 0 Å². The van der Waals surface area contributed by atoms with Crippen LogP contribution in [0.4, 0.5) is 5.69 Å². The summed E-state index contributed by atoms with van der Waals surface area (Å²) < 4.78 is 6.53. The molecule has 0 bridgehead atoms. The normalized spacial score (nSPS) is 19.3. The Morgan fingerprint density at radius 1 is 1.59 bits per heavy atom. The molecule has 3 nitrogen and oxygen atoms in total. The molecule has 0 saturated carbocycles. The number of halogens is 1. The van der Waals surface area contributed by atoms with E-state index in [0.29, 0.717) is 11.7 Å². The number of benzene rings is 1. The van der Waals surface area contributed by atoms with Gasteiger partial charge in [0.25, 0.3) is 0 Å². The molecule has 92 valence electrons. The molecule has 4 heteroatoms. The van der Waals surface area contributed by atoms with E-state index in [1.54, 1.807) is 0 Å². The molecule has 1 aliphatic heterocycles. The van der Waals surface area contributed by atoms with E-state index in [2.05, 4.69) is 20.8 Å². The number of carbonyl (C=O) groups is 1. The predicted octanol–water partition coefficient (Wildman–Crippen LogP) is 2.88. The number of carbonyl (C=O) groups excluding carboxylic acids is 1. The first-order chi connectivity index (χ1) is 8.20. The molecule has 0 amide bonds. The molecule has 17 heavy (non-hydrogen) atoms. The molecule has 0 aromatic heterocycles. The lowest BCUT2D eigenvalue weighted by molar-refractivity contribution is 0.111. The number of hydrogen-bond donors (Lipinski definition) is 0. The van der Waals surface area contributed by atoms with E-state index in [-0.39, 0.29) is 0 Å². The van der Waals surface area contributed by atoms with Crippen LogP contribution in [0.2, 0.25) is 0 Å². The first kappa shape index (κ1) is 12.6. The van der Waals surface area contributed by atoms with Gasteiger partial charge in [-0.05, 0) is 31.0 Å². The molecule has 1 atom stereocenters. The maximum Gasteiger partial charge on any atom is 0.152 e. The number of rotatable bonds is 4. The van der Waals surface area contributed by atoms with Crippen LogP contribution >= 0.6 is 15.9 Å². The molecule has 0 radical (unpaired) electrons. The molecule has 1 fully saturated rings. The maximum atomic E-state index is 11.0. The average molecular weight is 298 g/mol. The zero-order chi connectivity index (χ0) is 12.3. The van der Waals surface area contributed by atoms with Crippen LogP contribution < -0.4 is 4.90 Å². The van der Waals surface area contributed by atoms with E-state index in [9.17, 15) is 4.79 Å². The first-order valence-corrected chi connectivity index (χ1v) is 6.57. The zero-order valence-corrected chi connectivity index (χ0v) is 11.4. The van der Waals surface area contributed by atoms with Crippen molar-refractivity contribution in [2.75, 3.05) is 25.1 Å². The Labute approximate surface area is 110 Å². The van der Waals surface area contributed by atoms with Crippen molar-refractivity contribution in [1.29, 1.82) is 0 Å². The van der Waals surface area contributed by atoms with Crippen LogP contribution in [0.15, 0.2) is 22.7 Å². The second-order valence-electron chi connectivity index (χ2n) is 4.34. The Kier molecular flexibility index (Phi) is 4.18. The van der Waals surface area contributed by atoms with Gasteiger partial charge in [0.15, 0.2) is 6.29 Å². The Balaban J connectivity index is 2.11. The van der Waals surface area contributed by atoms with Crippen molar-refractivity contribution < 1.29 is 9.53 Å². The molecule has 1 aromatic carbocycles. The van der Waals surface area contributed by atoms with E-state index < -0.39 is 0 Å². The van der Waals surface area contributed by atoms with Gasteiger partial charge < -0.3 is 9.64 Å². The van der Waals surface area contributed by atoms with Gasteiger partial charge in [-0.1, -0.05) is 15.9 Å². The number of likely N-dealkylation sites (N-methyl/N-ethyl adjacent to an activating group) is 1. The highest BCUT2D eigenvalue weighted by Crippen LogP contribution is 2.24. The number of ether oxygens (including phenoxy) is 1. The second-order valence-corrected chi connectivity index (χ2v) is 5.25. The molecule has 2 rings (SSSR count). The summed E-state index contributed by atoms with van der Waals surface area (Å²) >= 11 is 3.37. The Hall–Kier alpha value is -0.870. The van der Waals surface area contributed by atoms with Crippen molar-refractivity contribution in [2.45, 2.75) is 18.9 Å². The largest absolute Gasteiger partial charge is 0.376 e. The Bertz CT molecular complexity index is 402. The summed E-state index contributed by atoms with van der Waals surface area (Å²) in [6.45, 7) is 1.70. The SMILES string of the molecule is CN(CC1CCCO1)c1ccc(Br)cc1C=O. The highest BCUT2D eigenvalue weighted by molar-refractivity contribution is 9.10. The van der Waals surface area contributed by atoms with Gasteiger partial charge in [-0.25, -0.2) is 0 Å². The summed E-state index contributed by atoms with van der Waals surface area (Å²) in [6.07, 6.45) is 3.44. The monoisotopic (exact) mass is 297 g/mol. The van der Waals surface area contributed by atoms with Crippen molar-refractivity contribution in [1.82, 2.24) is 0 Å². The van der Waals surface area contributed by atoms with Crippen molar-refractivity contribution in [2.24, 2.45) is 0 Å². The van der Waals surface area contributed by atoms with Crippen LogP contribution in [0.25, 0.3) is 0 Å². The molecule has 1 aliphatic rings. The van der Waals surface area contributed by atoms with Gasteiger partial charge in [0.2, 0.25) is 0 Å². The molecule has 1 heterocycles. The van der Waals surface area contributed by atoms with Crippen LogP contribution in [-0.4, -0.2) is 32.6 Å². The van der Waals surface area contributed by atoms with Gasteiger partial charge in [0.05, 0.1) is 6.10 Å². The fourth-order valence-corrected chi connectivity index (χ4v) is 2.54. The summed E-state index contributed by atoms with van der Waals surface area (Å²) in [5.41, 5.74) is 1.67. The number of anilines is 1. The fraction of sp³-hybridized carbons (Fsp3) is 0.462. The van der Waals surface area contributed by atoms with E-state index in [1.807, 2.05) is 25.2 Å². The first-order valence-electron chi connectivity index (χ1n) is 5.78. The highest BCUT2D eigenvalue weighted by atomic mass is 79.9. The van der Waals surface area contributed by atoms with Crippen LogP contribution in [0.5, 0.6) is 0 Å². The lowest BCUT2D eigenvalue weighted by Crippen LogP contribution is -2.29. The summed E-state index contributed by atoms with van der Waals surface area (Å²) in [5, 5.41) is 0. The zero-order valence-electron chi connectivity index (χ0n) is 9.86. The molecule has 1 unspecified atom stereocenters. The number of aldehydes is 1. The molecule has 0 spiro atoms. The quantitative estimate of drug-likeness (QED) is 0.801. The standard InChI is InChI=1S/C13H16BrNO2/c1-15(8-12-3-2-6-17-12)13-5-4-11(14)7-10(13)9-16/h4-5,7,9,12H,2-3,6,8H2,1H3. The molecule has 0 aliphatic carbocycles. The van der Waals surface area contributed by atoms with Crippen LogP contribution in [-0.2, 0) is 4.74 Å². The summed E-state index contributed by atoms with van der Waals surface area (Å²) in [7, 11) is 2.00. The molecule has 1 saturated heterocycles. The van der Waals surface area contributed by atoms with Gasteiger partial charge in [-0.3, -0.25) is 4.79 Å². The predicted molar refractivity (Wildman–Crippen MR) is 71.8 cm³/mol.